The summed E-state index contributed by atoms with van der Waals surface area (Å²) in [7, 11) is -0.759. The van der Waals surface area contributed by atoms with Crippen molar-refractivity contribution in [3.63, 3.8) is 0 Å². The monoisotopic (exact) mass is 326 g/mol. The van der Waals surface area contributed by atoms with Crippen LogP contribution in [0.1, 0.15) is 13.3 Å². The van der Waals surface area contributed by atoms with Crippen LogP contribution in [0.4, 0.5) is 5.69 Å². The molecular weight excluding hydrogens is 305 g/mol. The Morgan fingerprint density at radius 2 is 1.67 bits per heavy atom. The van der Waals surface area contributed by atoms with Gasteiger partial charge in [0.25, 0.3) is 10.1 Å². The van der Waals surface area contributed by atoms with Gasteiger partial charge in [-0.1, -0.05) is 0 Å². The molecule has 0 atom stereocenters. The van der Waals surface area contributed by atoms with Gasteiger partial charge in [-0.05, 0) is 13.3 Å². The van der Waals surface area contributed by atoms with E-state index >= 15 is 0 Å². The molecule has 0 heterocycles. The zero-order valence-electron chi connectivity index (χ0n) is 13.0. The zero-order chi connectivity index (χ0) is 15.2. The topological polar surface area (TPSA) is 76.1 Å². The Balaban J connectivity index is 0.00000400. The van der Waals surface area contributed by atoms with Crippen LogP contribution in [-0.4, -0.2) is 75.6 Å². The van der Waals surface area contributed by atoms with E-state index in [1.165, 1.54) is 0 Å². The van der Waals surface area contributed by atoms with Crippen LogP contribution in [-0.2, 0) is 10.1 Å². The van der Waals surface area contributed by atoms with E-state index in [1.54, 1.807) is 20.3 Å². The number of methoxy groups -OCH3 is 2. The molecule has 1 aromatic carbocycles. The van der Waals surface area contributed by atoms with Crippen LogP contribution in [0.5, 0.6) is 11.5 Å². The van der Waals surface area contributed by atoms with Crippen LogP contribution in [0.15, 0.2) is 18.2 Å². The molecule has 8 heteroatoms. The Labute approximate surface area is 148 Å². The second-order valence-corrected chi connectivity index (χ2v) is 5.86. The van der Waals surface area contributed by atoms with Crippen molar-refractivity contribution in [2.75, 3.05) is 38.0 Å². The van der Waals surface area contributed by atoms with E-state index < -0.39 is 10.1 Å². The van der Waals surface area contributed by atoms with E-state index in [0.717, 1.165) is 5.69 Å². The summed E-state index contributed by atoms with van der Waals surface area (Å²) in [4.78, 5) is 2.00. The fourth-order valence-electron chi connectivity index (χ4n) is 1.88. The number of hydrogen-bond acceptors (Lipinski definition) is 5. The van der Waals surface area contributed by atoms with E-state index in [1.807, 2.05) is 24.0 Å². The van der Waals surface area contributed by atoms with Gasteiger partial charge in [0.15, 0.2) is 0 Å². The Hall–Kier alpha value is -0.470. The molecule has 0 saturated heterocycles. The summed E-state index contributed by atoms with van der Waals surface area (Å²) in [5, 5.41) is 0. The Morgan fingerprint density at radius 3 is 2.05 bits per heavy atom. The summed E-state index contributed by atoms with van der Waals surface area (Å²) in [5.74, 6) is 1.10. The molecule has 0 aliphatic rings. The van der Waals surface area contributed by atoms with Crippen LogP contribution in [0.25, 0.3) is 0 Å². The summed E-state index contributed by atoms with van der Waals surface area (Å²) in [6.45, 7) is 3.20. The molecule has 115 valence electrons. The Bertz CT molecular complexity index is 513. The van der Waals surface area contributed by atoms with Crippen molar-refractivity contribution in [3.05, 3.63) is 18.2 Å². The molecule has 0 unspecified atom stereocenters. The largest absolute Gasteiger partial charge is 0.497 e. The molecule has 0 aromatic heterocycles. The quantitative estimate of drug-likeness (QED) is 0.575. The normalized spacial score (nSPS) is 10.7. The van der Waals surface area contributed by atoms with Gasteiger partial charge in [0.1, 0.15) is 11.5 Å². The molecule has 1 radical (unpaired) electrons. The first kappa shape index (κ1) is 20.5. The smallest absolute Gasteiger partial charge is 0.264 e. The maximum absolute atomic E-state index is 10.7. The zero-order valence-corrected chi connectivity index (χ0v) is 15.8. The number of anilines is 1. The minimum atomic E-state index is -3.91. The molecule has 0 fully saturated rings. The predicted octanol–water partition coefficient (Wildman–Crippen LogP) is 1.43. The van der Waals surface area contributed by atoms with E-state index in [-0.39, 0.29) is 35.3 Å². The van der Waals surface area contributed by atoms with E-state index in [2.05, 4.69) is 0 Å². The third-order valence-corrected chi connectivity index (χ3v) is 3.72. The van der Waals surface area contributed by atoms with Gasteiger partial charge in [0, 0.05) is 66.5 Å². The van der Waals surface area contributed by atoms with Crippen molar-refractivity contribution >= 4 is 45.4 Å². The molecule has 1 rings (SSSR count). The molecule has 0 saturated carbocycles. The van der Waals surface area contributed by atoms with Crippen LogP contribution < -0.4 is 14.4 Å². The van der Waals surface area contributed by atoms with Gasteiger partial charge < -0.3 is 14.4 Å². The van der Waals surface area contributed by atoms with Gasteiger partial charge in [-0.25, -0.2) is 0 Å². The number of rotatable bonds is 8. The van der Waals surface area contributed by atoms with Crippen LogP contribution in [0, 0.1) is 0 Å². The van der Waals surface area contributed by atoms with Gasteiger partial charge in [0.05, 0.1) is 20.0 Å². The molecule has 6 nitrogen and oxygen atoms in total. The van der Waals surface area contributed by atoms with Crippen molar-refractivity contribution in [1.82, 2.24) is 0 Å². The Kier molecular flexibility index (Phi) is 9.31. The standard InChI is InChI=1S/C13H21NO5S.Na/c1-4-14(6-5-7-20(15,16)17)11-8-12(18-2)10-13(9-11)19-3;/h8-10H,4-7H2,1-3H3,(H,15,16,17);. The number of ether oxygens (including phenoxy) is 2. The summed E-state index contributed by atoms with van der Waals surface area (Å²) in [5.41, 5.74) is 0.888. The molecule has 0 amide bonds. The molecule has 0 bridgehead atoms. The predicted molar refractivity (Wildman–Crippen MR) is 84.2 cm³/mol. The van der Waals surface area contributed by atoms with E-state index in [0.29, 0.717) is 31.0 Å². The Morgan fingerprint density at radius 1 is 1.14 bits per heavy atom. The summed E-state index contributed by atoms with van der Waals surface area (Å²) in [6.07, 6.45) is 0.353. The molecule has 0 aliphatic heterocycles. The van der Waals surface area contributed by atoms with Crippen LogP contribution >= 0.6 is 0 Å². The number of hydrogen-bond donors (Lipinski definition) is 1. The fourth-order valence-corrected chi connectivity index (χ4v) is 2.38. The van der Waals surface area contributed by atoms with Crippen LogP contribution in [0.2, 0.25) is 0 Å². The van der Waals surface area contributed by atoms with Crippen molar-refractivity contribution < 1.29 is 22.4 Å². The summed E-state index contributed by atoms with van der Waals surface area (Å²) in [6, 6.07) is 5.49. The molecule has 0 aliphatic carbocycles. The van der Waals surface area contributed by atoms with Gasteiger partial charge in [-0.2, -0.15) is 8.42 Å². The van der Waals surface area contributed by atoms with Crippen LogP contribution in [0.3, 0.4) is 0 Å². The van der Waals surface area contributed by atoms with Crippen molar-refractivity contribution in [1.29, 1.82) is 0 Å². The van der Waals surface area contributed by atoms with Gasteiger partial charge in [-0.15, -0.1) is 0 Å². The minimum absolute atomic E-state index is 0. The fraction of sp³-hybridized carbons (Fsp3) is 0.538. The van der Waals surface area contributed by atoms with E-state index in [9.17, 15) is 8.42 Å². The molecule has 0 spiro atoms. The van der Waals surface area contributed by atoms with Gasteiger partial charge in [0.2, 0.25) is 0 Å². The van der Waals surface area contributed by atoms with Crippen molar-refractivity contribution in [3.8, 4) is 11.5 Å². The second kappa shape index (κ2) is 9.53. The molecule has 21 heavy (non-hydrogen) atoms. The average Bonchev–Trinajstić information content (AvgIpc) is 2.41. The van der Waals surface area contributed by atoms with Crippen molar-refractivity contribution in [2.24, 2.45) is 0 Å². The molecular formula is C13H21NNaO5S. The maximum atomic E-state index is 10.7. The molecule has 1 aromatic rings. The summed E-state index contributed by atoms with van der Waals surface area (Å²) >= 11 is 0. The van der Waals surface area contributed by atoms with E-state index in [4.69, 9.17) is 14.0 Å². The third kappa shape index (κ3) is 7.37. The maximum Gasteiger partial charge on any atom is 0.264 e. The minimum Gasteiger partial charge on any atom is -0.497 e. The molecule has 1 N–H and O–H groups in total. The first-order valence-electron chi connectivity index (χ1n) is 6.32. The van der Waals surface area contributed by atoms with Crippen molar-refractivity contribution in [2.45, 2.75) is 13.3 Å². The SMILES string of the molecule is CCN(CCCS(=O)(=O)O)c1cc(OC)cc(OC)c1.[Na]. The summed E-state index contributed by atoms with van der Waals surface area (Å²) < 4.78 is 40.6. The second-order valence-electron chi connectivity index (χ2n) is 4.29. The number of benzene rings is 1. The number of nitrogens with zero attached hydrogens (tertiary/aromatic N) is 1. The average molecular weight is 326 g/mol. The van der Waals surface area contributed by atoms with Gasteiger partial charge in [-0.3, -0.25) is 4.55 Å². The third-order valence-electron chi connectivity index (χ3n) is 2.91. The first-order valence-corrected chi connectivity index (χ1v) is 7.93. The van der Waals surface area contributed by atoms with Gasteiger partial charge >= 0.3 is 0 Å². The first-order chi connectivity index (χ1) is 9.39.